The highest BCUT2D eigenvalue weighted by Gasteiger charge is 2.29. The largest absolute Gasteiger partial charge is 0.480 e. The fourth-order valence-corrected chi connectivity index (χ4v) is 4.39. The molecule has 0 bridgehead atoms. The van der Waals surface area contributed by atoms with Crippen LogP contribution in [0.15, 0.2) is 78.9 Å². The second-order valence-corrected chi connectivity index (χ2v) is 8.62. The maximum absolute atomic E-state index is 12.5. The number of carboxylic acids is 1. The number of alkyl carbamates (subject to hydrolysis) is 1. The van der Waals surface area contributed by atoms with Crippen LogP contribution in [-0.2, 0) is 20.7 Å². The van der Waals surface area contributed by atoms with Crippen LogP contribution in [0.5, 0.6) is 0 Å². The minimum absolute atomic E-state index is 0.0911. The summed E-state index contributed by atoms with van der Waals surface area (Å²) in [5, 5.41) is 14.5. The average Bonchev–Trinajstić information content (AvgIpc) is 3.19. The van der Waals surface area contributed by atoms with E-state index in [4.69, 9.17) is 4.74 Å². The second kappa shape index (κ2) is 10.9. The minimum Gasteiger partial charge on any atom is -0.480 e. The lowest BCUT2D eigenvalue weighted by atomic mass is 9.98. The predicted molar refractivity (Wildman–Crippen MR) is 132 cm³/mol. The number of carboxylic acid groups (broad SMARTS) is 1. The third-order valence-electron chi connectivity index (χ3n) is 6.25. The van der Waals surface area contributed by atoms with Crippen LogP contribution >= 0.6 is 0 Å². The van der Waals surface area contributed by atoms with Crippen LogP contribution in [0.2, 0.25) is 0 Å². The monoisotopic (exact) mass is 472 g/mol. The van der Waals surface area contributed by atoms with E-state index in [1.165, 1.54) is 6.92 Å². The first-order chi connectivity index (χ1) is 16.9. The smallest absolute Gasteiger partial charge is 0.407 e. The van der Waals surface area contributed by atoms with E-state index in [9.17, 15) is 19.5 Å². The van der Waals surface area contributed by atoms with Crippen molar-refractivity contribution < 1.29 is 24.2 Å². The van der Waals surface area contributed by atoms with Gasteiger partial charge < -0.3 is 20.5 Å². The van der Waals surface area contributed by atoms with Crippen LogP contribution in [0.3, 0.4) is 0 Å². The van der Waals surface area contributed by atoms with Crippen molar-refractivity contribution in [2.24, 2.45) is 0 Å². The van der Waals surface area contributed by atoms with Crippen molar-refractivity contribution in [3.05, 3.63) is 95.6 Å². The first kappa shape index (κ1) is 24.0. The number of aliphatic carboxylic acids is 1. The molecular weight excluding hydrogens is 444 g/mol. The minimum atomic E-state index is -1.12. The van der Waals surface area contributed by atoms with Gasteiger partial charge in [0, 0.05) is 5.92 Å². The Morgan fingerprint density at radius 3 is 2.03 bits per heavy atom. The summed E-state index contributed by atoms with van der Waals surface area (Å²) in [5.74, 6) is -1.80. The summed E-state index contributed by atoms with van der Waals surface area (Å²) in [4.78, 5) is 36.6. The van der Waals surface area contributed by atoms with E-state index in [1.54, 1.807) is 0 Å². The Hall–Kier alpha value is -4.13. The molecule has 1 unspecified atom stereocenters. The average molecular weight is 473 g/mol. The van der Waals surface area contributed by atoms with Gasteiger partial charge in [0.1, 0.15) is 18.7 Å². The molecule has 3 aromatic rings. The van der Waals surface area contributed by atoms with Crippen LogP contribution in [0.1, 0.15) is 36.0 Å². The summed E-state index contributed by atoms with van der Waals surface area (Å²) < 4.78 is 5.47. The van der Waals surface area contributed by atoms with Crippen LogP contribution < -0.4 is 10.6 Å². The van der Waals surface area contributed by atoms with E-state index in [-0.39, 0.29) is 18.9 Å². The molecule has 0 fully saturated rings. The van der Waals surface area contributed by atoms with Gasteiger partial charge in [-0.05, 0) is 47.6 Å². The third-order valence-corrected chi connectivity index (χ3v) is 6.25. The number of aryl methyl sites for hydroxylation is 1. The molecule has 7 nitrogen and oxygen atoms in total. The molecule has 0 aliphatic heterocycles. The summed E-state index contributed by atoms with van der Waals surface area (Å²) >= 11 is 0. The fourth-order valence-electron chi connectivity index (χ4n) is 4.39. The highest BCUT2D eigenvalue weighted by atomic mass is 16.5. The molecule has 0 saturated carbocycles. The third kappa shape index (κ3) is 5.69. The molecule has 1 aliphatic carbocycles. The first-order valence-electron chi connectivity index (χ1n) is 11.6. The van der Waals surface area contributed by atoms with E-state index in [0.717, 1.165) is 27.8 Å². The van der Waals surface area contributed by atoms with E-state index in [1.807, 2.05) is 66.7 Å². The summed E-state index contributed by atoms with van der Waals surface area (Å²) in [6, 6.07) is 23.5. The van der Waals surface area contributed by atoms with Crippen molar-refractivity contribution in [3.8, 4) is 11.1 Å². The van der Waals surface area contributed by atoms with Gasteiger partial charge in [-0.1, -0.05) is 78.9 Å². The van der Waals surface area contributed by atoms with Gasteiger partial charge in [0.15, 0.2) is 0 Å². The van der Waals surface area contributed by atoms with Gasteiger partial charge in [-0.25, -0.2) is 9.59 Å². The quantitative estimate of drug-likeness (QED) is 0.435. The Morgan fingerprint density at radius 2 is 1.43 bits per heavy atom. The van der Waals surface area contributed by atoms with Crippen molar-refractivity contribution in [3.63, 3.8) is 0 Å². The van der Waals surface area contributed by atoms with Crippen molar-refractivity contribution in [2.45, 2.75) is 37.8 Å². The molecule has 0 saturated heterocycles. The second-order valence-electron chi connectivity index (χ2n) is 8.62. The van der Waals surface area contributed by atoms with E-state index in [0.29, 0.717) is 6.42 Å². The molecule has 0 spiro atoms. The van der Waals surface area contributed by atoms with E-state index < -0.39 is 30.1 Å². The Balaban J connectivity index is 1.30. The number of benzene rings is 3. The molecule has 0 radical (unpaired) electrons. The maximum Gasteiger partial charge on any atom is 0.407 e. The maximum atomic E-state index is 12.5. The highest BCUT2D eigenvalue weighted by molar-refractivity contribution is 5.89. The molecule has 0 heterocycles. The Labute approximate surface area is 204 Å². The van der Waals surface area contributed by atoms with Crippen LogP contribution in [-0.4, -0.2) is 41.8 Å². The summed E-state index contributed by atoms with van der Waals surface area (Å²) in [5.41, 5.74) is 5.42. The van der Waals surface area contributed by atoms with Crippen molar-refractivity contribution in [1.82, 2.24) is 10.6 Å². The molecule has 1 aliphatic rings. The summed E-state index contributed by atoms with van der Waals surface area (Å²) in [6.07, 6.45) is 0.0142. The molecule has 7 heteroatoms. The molecule has 2 amide bonds. The summed E-state index contributed by atoms with van der Waals surface area (Å²) in [7, 11) is 0. The van der Waals surface area contributed by atoms with Crippen LogP contribution in [0, 0.1) is 0 Å². The van der Waals surface area contributed by atoms with Crippen molar-refractivity contribution >= 4 is 18.0 Å². The zero-order chi connectivity index (χ0) is 24.8. The van der Waals surface area contributed by atoms with Crippen LogP contribution in [0.4, 0.5) is 4.79 Å². The highest BCUT2D eigenvalue weighted by Crippen LogP contribution is 2.44. The van der Waals surface area contributed by atoms with Gasteiger partial charge >= 0.3 is 12.1 Å². The molecule has 35 heavy (non-hydrogen) atoms. The molecule has 180 valence electrons. The van der Waals surface area contributed by atoms with Crippen molar-refractivity contribution in [2.75, 3.05) is 6.61 Å². The number of rotatable bonds is 9. The van der Waals surface area contributed by atoms with Gasteiger partial charge in [0.25, 0.3) is 0 Å². The number of ether oxygens (including phenoxy) is 1. The van der Waals surface area contributed by atoms with Crippen LogP contribution in [0.25, 0.3) is 11.1 Å². The number of carbonyl (C=O) groups is 3. The topological polar surface area (TPSA) is 105 Å². The lowest BCUT2D eigenvalue weighted by Gasteiger charge is -2.19. The van der Waals surface area contributed by atoms with Crippen molar-refractivity contribution in [1.29, 1.82) is 0 Å². The normalized spacial score (nSPS) is 13.7. The zero-order valence-corrected chi connectivity index (χ0v) is 19.4. The van der Waals surface area contributed by atoms with E-state index >= 15 is 0 Å². The molecule has 4 rings (SSSR count). The number of amides is 2. The SMILES string of the molecule is C[C@@H](NC(=O)OCC1c2ccccc2-c2ccccc21)C(=O)NC(CCc1ccccc1)C(=O)O. The molecule has 0 aromatic heterocycles. The number of hydrogen-bond donors (Lipinski definition) is 3. The summed E-state index contributed by atoms with van der Waals surface area (Å²) in [6.45, 7) is 1.62. The molecule has 2 atom stereocenters. The number of hydrogen-bond acceptors (Lipinski definition) is 4. The number of fused-ring (bicyclic) bond motifs is 3. The molecule has 3 aromatic carbocycles. The van der Waals surface area contributed by atoms with Gasteiger partial charge in [-0.15, -0.1) is 0 Å². The number of nitrogens with one attached hydrogen (secondary N) is 2. The number of carbonyl (C=O) groups excluding carboxylic acids is 2. The predicted octanol–water partition coefficient (Wildman–Crippen LogP) is 4.12. The standard InChI is InChI=1S/C28H28N2O5/c1-18(26(31)30-25(27(32)33)16-15-19-9-3-2-4-10-19)29-28(34)35-17-24-22-13-7-5-11-20(22)21-12-6-8-14-23(21)24/h2-14,18,24-25H,15-17H2,1H3,(H,29,34)(H,30,31)(H,32,33)/t18-,25?/m1/s1. The zero-order valence-electron chi connectivity index (χ0n) is 19.4. The Morgan fingerprint density at radius 1 is 0.857 bits per heavy atom. The lowest BCUT2D eigenvalue weighted by molar-refractivity contribution is -0.142. The Bertz CT molecular complexity index is 1170. The fraction of sp³-hybridized carbons (Fsp3) is 0.250. The van der Waals surface area contributed by atoms with Gasteiger partial charge in [0.2, 0.25) is 5.91 Å². The van der Waals surface area contributed by atoms with Gasteiger partial charge in [-0.3, -0.25) is 4.79 Å². The first-order valence-corrected chi connectivity index (χ1v) is 11.6. The molecule has 3 N–H and O–H groups in total. The van der Waals surface area contributed by atoms with E-state index in [2.05, 4.69) is 22.8 Å². The van der Waals surface area contributed by atoms with Gasteiger partial charge in [-0.2, -0.15) is 0 Å². The molecular formula is C28H28N2O5. The lowest BCUT2D eigenvalue weighted by Crippen LogP contribution is -2.50. The Kier molecular flexibility index (Phi) is 7.45. The van der Waals surface area contributed by atoms with Gasteiger partial charge in [0.05, 0.1) is 0 Å².